The molecule has 0 bridgehead atoms. The second kappa shape index (κ2) is 9.98. The van der Waals surface area contributed by atoms with Gasteiger partial charge in [0.2, 0.25) is 0 Å². The minimum absolute atomic E-state index is 0.210. The van der Waals surface area contributed by atoms with Crippen LogP contribution in [0.2, 0.25) is 0 Å². The highest BCUT2D eigenvalue weighted by atomic mass is 19.4. The Morgan fingerprint density at radius 3 is 2.47 bits per heavy atom. The molecule has 1 aliphatic rings. The van der Waals surface area contributed by atoms with Crippen molar-refractivity contribution in [3.05, 3.63) is 71.7 Å². The highest BCUT2D eigenvalue weighted by Crippen LogP contribution is 2.34. The molecule has 1 unspecified atom stereocenters. The van der Waals surface area contributed by atoms with Gasteiger partial charge in [0.05, 0.1) is 0 Å². The van der Waals surface area contributed by atoms with Gasteiger partial charge in [-0.1, -0.05) is 24.3 Å². The monoisotopic (exact) mass is 499 g/mol. The van der Waals surface area contributed by atoms with Crippen LogP contribution in [-0.2, 0) is 17.6 Å². The molecule has 0 spiro atoms. The summed E-state index contributed by atoms with van der Waals surface area (Å²) in [4.78, 5) is 28.2. The number of carboxylic acids is 1. The number of aromatic nitrogens is 1. The highest BCUT2D eigenvalue weighted by Gasteiger charge is 2.38. The van der Waals surface area contributed by atoms with Crippen molar-refractivity contribution in [3.8, 4) is 0 Å². The maximum Gasteiger partial charge on any atom is 0.490 e. The number of pyridine rings is 1. The molecule has 0 radical (unpaired) electrons. The van der Waals surface area contributed by atoms with Crippen LogP contribution in [0.5, 0.6) is 0 Å². The normalized spacial score (nSPS) is 15.3. The summed E-state index contributed by atoms with van der Waals surface area (Å²) in [5, 5.41) is 13.2. The third-order valence-electron chi connectivity index (χ3n) is 6.11. The van der Waals surface area contributed by atoms with E-state index in [4.69, 9.17) is 14.3 Å². The molecule has 36 heavy (non-hydrogen) atoms. The Hall–Kier alpha value is -3.92. The summed E-state index contributed by atoms with van der Waals surface area (Å²) in [6.07, 6.45) is -0.313. The quantitative estimate of drug-likeness (QED) is 0.398. The second-order valence-corrected chi connectivity index (χ2v) is 8.75. The largest absolute Gasteiger partial charge is 0.490 e. The number of anilines is 1. The molecule has 1 amide bonds. The van der Waals surface area contributed by atoms with Crippen LogP contribution in [0.4, 0.5) is 18.9 Å². The third-order valence-corrected chi connectivity index (χ3v) is 6.11. The van der Waals surface area contributed by atoms with Gasteiger partial charge in [0.15, 0.2) is 0 Å². The van der Waals surface area contributed by atoms with Crippen LogP contribution in [-0.4, -0.2) is 53.2 Å². The molecule has 5 rings (SSSR count). The zero-order valence-corrected chi connectivity index (χ0v) is 19.6. The van der Waals surface area contributed by atoms with E-state index < -0.39 is 12.1 Å². The number of alkyl halides is 3. The van der Waals surface area contributed by atoms with Gasteiger partial charge in [-0.2, -0.15) is 13.2 Å². The van der Waals surface area contributed by atoms with Gasteiger partial charge in [0.25, 0.3) is 5.91 Å². The summed E-state index contributed by atoms with van der Waals surface area (Å²) in [5.74, 6) is -1.89. The molecule has 4 aromatic rings. The Labute approximate surface area is 204 Å². The number of aryl methyl sites for hydroxylation is 1. The zero-order chi connectivity index (χ0) is 26.0. The molecule has 188 valence electrons. The Morgan fingerprint density at radius 2 is 1.81 bits per heavy atom. The number of likely N-dealkylation sites (N-methyl/N-ethyl adjacent to an activating group) is 1. The van der Waals surface area contributed by atoms with Gasteiger partial charge in [-0.05, 0) is 56.6 Å². The molecule has 1 atom stereocenters. The highest BCUT2D eigenvalue weighted by molar-refractivity contribution is 6.05. The molecule has 2 aromatic heterocycles. The van der Waals surface area contributed by atoms with Crippen molar-refractivity contribution >= 4 is 39.3 Å². The lowest BCUT2D eigenvalue weighted by atomic mass is 9.91. The van der Waals surface area contributed by atoms with E-state index in [0.717, 1.165) is 52.5 Å². The van der Waals surface area contributed by atoms with E-state index in [1.165, 1.54) is 5.56 Å². The standard InChI is InChI=1S/C24H23N3O2.C2HF3O2/c1-27(2)18-8-10-23-20(13-18)19-12-17(7-9-22(19)29-23)26-24(28)21-11-15-5-3-4-6-16(15)14-25-21;3-2(4,5)1(6)7/h3-7,9,11-12,14,18H,8,10,13H2,1-2H3,(H,26,28);(H,6,7). The van der Waals surface area contributed by atoms with Gasteiger partial charge < -0.3 is 19.7 Å². The van der Waals surface area contributed by atoms with Gasteiger partial charge in [0, 0.05) is 40.7 Å². The van der Waals surface area contributed by atoms with E-state index in [-0.39, 0.29) is 5.91 Å². The van der Waals surface area contributed by atoms with Crippen molar-refractivity contribution < 1.29 is 32.3 Å². The van der Waals surface area contributed by atoms with E-state index in [0.29, 0.717) is 11.7 Å². The summed E-state index contributed by atoms with van der Waals surface area (Å²) < 4.78 is 37.8. The first-order chi connectivity index (χ1) is 17.0. The Bertz CT molecular complexity index is 1430. The third kappa shape index (κ3) is 5.49. The first-order valence-corrected chi connectivity index (χ1v) is 11.2. The van der Waals surface area contributed by atoms with Gasteiger partial charge in [0.1, 0.15) is 17.0 Å². The van der Waals surface area contributed by atoms with E-state index in [1.54, 1.807) is 6.20 Å². The van der Waals surface area contributed by atoms with Crippen molar-refractivity contribution in [3.63, 3.8) is 0 Å². The predicted octanol–water partition coefficient (Wildman–Crippen LogP) is 5.29. The molecule has 0 aliphatic heterocycles. The van der Waals surface area contributed by atoms with Crippen molar-refractivity contribution in [2.45, 2.75) is 31.5 Å². The molecule has 0 fully saturated rings. The number of hydrogen-bond acceptors (Lipinski definition) is 5. The summed E-state index contributed by atoms with van der Waals surface area (Å²) in [5.41, 5.74) is 3.32. The maximum atomic E-state index is 12.8. The van der Waals surface area contributed by atoms with E-state index in [2.05, 4.69) is 29.3 Å². The van der Waals surface area contributed by atoms with E-state index in [9.17, 15) is 18.0 Å². The number of nitrogens with one attached hydrogen (secondary N) is 1. The molecule has 0 saturated heterocycles. The number of carboxylic acid groups (broad SMARTS) is 1. The average Bonchev–Trinajstić information content (AvgIpc) is 3.20. The molecule has 7 nitrogen and oxygen atoms in total. The molecule has 1 aliphatic carbocycles. The van der Waals surface area contributed by atoms with E-state index >= 15 is 0 Å². The number of benzene rings is 2. The average molecular weight is 499 g/mol. The molecule has 10 heteroatoms. The first kappa shape index (κ1) is 25.2. The number of nitrogens with zero attached hydrogens (tertiary/aromatic N) is 2. The Morgan fingerprint density at radius 1 is 1.11 bits per heavy atom. The van der Waals surface area contributed by atoms with Crippen LogP contribution in [0.3, 0.4) is 0 Å². The number of carbonyl (C=O) groups excluding carboxylic acids is 1. The lowest BCUT2D eigenvalue weighted by molar-refractivity contribution is -0.192. The van der Waals surface area contributed by atoms with Gasteiger partial charge in [-0.25, -0.2) is 4.79 Å². The van der Waals surface area contributed by atoms with Gasteiger partial charge >= 0.3 is 12.1 Å². The first-order valence-electron chi connectivity index (χ1n) is 11.2. The number of fused-ring (bicyclic) bond motifs is 4. The second-order valence-electron chi connectivity index (χ2n) is 8.75. The number of amides is 1. The fourth-order valence-electron chi connectivity index (χ4n) is 4.18. The Balaban J connectivity index is 0.000000384. The summed E-state index contributed by atoms with van der Waals surface area (Å²) in [7, 11) is 4.25. The number of halogens is 3. The van der Waals surface area contributed by atoms with Crippen molar-refractivity contribution in [2.75, 3.05) is 19.4 Å². The van der Waals surface area contributed by atoms with Crippen molar-refractivity contribution in [1.82, 2.24) is 9.88 Å². The molecule has 0 saturated carbocycles. The van der Waals surface area contributed by atoms with Crippen LogP contribution in [0.1, 0.15) is 28.2 Å². The summed E-state index contributed by atoms with van der Waals surface area (Å²) >= 11 is 0. The fraction of sp³-hybridized carbons (Fsp3) is 0.269. The van der Waals surface area contributed by atoms with Crippen molar-refractivity contribution in [1.29, 1.82) is 0 Å². The molecule has 2 N–H and O–H groups in total. The van der Waals surface area contributed by atoms with Crippen LogP contribution in [0, 0.1) is 0 Å². The smallest absolute Gasteiger partial charge is 0.475 e. The minimum atomic E-state index is -5.08. The topological polar surface area (TPSA) is 95.7 Å². The Kier molecular flexibility index (Phi) is 6.98. The SMILES string of the molecule is CN(C)C1CCc2oc3ccc(NC(=O)c4cc5ccccc5cn4)cc3c2C1.O=C(O)C(F)(F)F. The molecular formula is C26H24F3N3O4. The van der Waals surface area contributed by atoms with Crippen molar-refractivity contribution in [2.24, 2.45) is 0 Å². The molecule has 2 aromatic carbocycles. The fourth-order valence-corrected chi connectivity index (χ4v) is 4.18. The number of aliphatic carboxylic acids is 1. The zero-order valence-electron chi connectivity index (χ0n) is 19.6. The lowest BCUT2D eigenvalue weighted by Gasteiger charge is -2.27. The van der Waals surface area contributed by atoms with Crippen LogP contribution in [0.15, 0.2) is 59.1 Å². The maximum absolute atomic E-state index is 12.8. The molecule has 2 heterocycles. The number of carbonyl (C=O) groups is 2. The van der Waals surface area contributed by atoms with Crippen LogP contribution >= 0.6 is 0 Å². The minimum Gasteiger partial charge on any atom is -0.475 e. The predicted molar refractivity (Wildman–Crippen MR) is 129 cm³/mol. The van der Waals surface area contributed by atoms with Crippen LogP contribution < -0.4 is 5.32 Å². The molecular weight excluding hydrogens is 475 g/mol. The number of furan rings is 1. The summed E-state index contributed by atoms with van der Waals surface area (Å²) in [6, 6.07) is 16.1. The van der Waals surface area contributed by atoms with Gasteiger partial charge in [-0.3, -0.25) is 9.78 Å². The summed E-state index contributed by atoms with van der Waals surface area (Å²) in [6.45, 7) is 0. The van der Waals surface area contributed by atoms with Crippen LogP contribution in [0.25, 0.3) is 21.7 Å². The van der Waals surface area contributed by atoms with Gasteiger partial charge in [-0.15, -0.1) is 0 Å². The lowest BCUT2D eigenvalue weighted by Crippen LogP contribution is -2.33. The number of hydrogen-bond donors (Lipinski definition) is 2. The van der Waals surface area contributed by atoms with E-state index in [1.807, 2.05) is 48.5 Å². The number of rotatable bonds is 3.